The number of amides is 2. The van der Waals surface area contributed by atoms with Crippen molar-refractivity contribution in [2.45, 2.75) is 18.8 Å². The molecule has 2 atom stereocenters. The molecule has 2 rings (SSSR count). The smallest absolute Gasteiger partial charge is 0.312 e. The summed E-state index contributed by atoms with van der Waals surface area (Å²) < 4.78 is 5.16. The Balaban J connectivity index is 1.76. The topological polar surface area (TPSA) is 81.4 Å². The van der Waals surface area contributed by atoms with E-state index in [2.05, 4.69) is 5.32 Å². The van der Waals surface area contributed by atoms with Crippen molar-refractivity contribution < 1.29 is 14.3 Å². The zero-order valence-electron chi connectivity index (χ0n) is 11.3. The summed E-state index contributed by atoms with van der Waals surface area (Å²) in [6, 6.07) is 4.83. The third-order valence-corrected chi connectivity index (χ3v) is 4.17. The van der Waals surface area contributed by atoms with Gasteiger partial charge in [-0.1, -0.05) is 35.3 Å². The molecule has 1 aromatic rings. The van der Waals surface area contributed by atoms with Gasteiger partial charge in [-0.25, -0.2) is 4.79 Å². The van der Waals surface area contributed by atoms with Gasteiger partial charge in [-0.3, -0.25) is 4.79 Å². The molecule has 1 saturated carbocycles. The lowest BCUT2D eigenvalue weighted by atomic mass is 10.1. The summed E-state index contributed by atoms with van der Waals surface area (Å²) in [6.45, 7) is 0.641. The number of hydrogen-bond acceptors (Lipinski definition) is 3. The Hall–Kier alpha value is -1.46. The number of carbonyl (C=O) groups excluding carboxylic acids is 2. The van der Waals surface area contributed by atoms with Crippen molar-refractivity contribution in [2.75, 3.05) is 13.2 Å². The number of primary amides is 1. The van der Waals surface area contributed by atoms with Gasteiger partial charge in [0, 0.05) is 6.54 Å². The summed E-state index contributed by atoms with van der Waals surface area (Å²) in [6.07, 6.45) is 1.25. The van der Waals surface area contributed by atoms with Gasteiger partial charge in [-0.2, -0.15) is 0 Å². The van der Waals surface area contributed by atoms with Crippen molar-refractivity contribution in [2.24, 2.45) is 11.7 Å². The van der Waals surface area contributed by atoms with Crippen LogP contribution in [0.3, 0.4) is 0 Å². The molecule has 1 aliphatic rings. The van der Waals surface area contributed by atoms with Crippen molar-refractivity contribution in [1.82, 2.24) is 5.32 Å². The van der Waals surface area contributed by atoms with Gasteiger partial charge < -0.3 is 15.8 Å². The molecule has 21 heavy (non-hydrogen) atoms. The van der Waals surface area contributed by atoms with Gasteiger partial charge in [0.1, 0.15) is 0 Å². The van der Waals surface area contributed by atoms with Gasteiger partial charge in [-0.05, 0) is 30.4 Å². The first-order chi connectivity index (χ1) is 10.0. The first-order valence-electron chi connectivity index (χ1n) is 6.64. The molecule has 3 N–H and O–H groups in total. The Morgan fingerprint density at radius 2 is 2.14 bits per heavy atom. The number of hydrogen-bond donors (Lipinski definition) is 2. The van der Waals surface area contributed by atoms with Crippen LogP contribution in [0, 0.1) is 5.92 Å². The van der Waals surface area contributed by atoms with E-state index in [4.69, 9.17) is 33.7 Å². The number of carbonyl (C=O) groups is 2. The third-order valence-electron chi connectivity index (χ3n) is 3.34. The SMILES string of the molecule is NC(=O)NCCCOC(=O)[C@H]1C[C@H]1c1cccc(Cl)c1Cl. The number of benzene rings is 1. The number of nitrogens with one attached hydrogen (secondary N) is 1. The number of halogens is 2. The minimum Gasteiger partial charge on any atom is -0.465 e. The highest BCUT2D eigenvalue weighted by Gasteiger charge is 2.46. The molecule has 0 bridgehead atoms. The van der Waals surface area contributed by atoms with E-state index >= 15 is 0 Å². The van der Waals surface area contributed by atoms with Crippen LogP contribution >= 0.6 is 23.2 Å². The molecule has 5 nitrogen and oxygen atoms in total. The quantitative estimate of drug-likeness (QED) is 0.621. The molecule has 0 spiro atoms. The summed E-state index contributed by atoms with van der Waals surface area (Å²) in [5.41, 5.74) is 5.81. The molecule has 0 radical (unpaired) electrons. The fourth-order valence-corrected chi connectivity index (χ4v) is 2.62. The Kier molecular flexibility index (Phi) is 5.31. The predicted molar refractivity (Wildman–Crippen MR) is 80.5 cm³/mol. The van der Waals surface area contributed by atoms with Gasteiger partial charge in [0.25, 0.3) is 0 Å². The second-order valence-corrected chi connectivity index (χ2v) is 5.69. The summed E-state index contributed by atoms with van der Waals surface area (Å²) in [4.78, 5) is 22.3. The number of urea groups is 1. The maximum absolute atomic E-state index is 11.9. The summed E-state index contributed by atoms with van der Waals surface area (Å²) in [5.74, 6) is -0.326. The van der Waals surface area contributed by atoms with E-state index in [-0.39, 0.29) is 24.4 Å². The van der Waals surface area contributed by atoms with Crippen LogP contribution in [-0.4, -0.2) is 25.2 Å². The molecule has 0 saturated heterocycles. The average Bonchev–Trinajstić information content (AvgIpc) is 3.21. The first-order valence-corrected chi connectivity index (χ1v) is 7.40. The van der Waals surface area contributed by atoms with Gasteiger partial charge in [0.15, 0.2) is 0 Å². The fourth-order valence-electron chi connectivity index (χ4n) is 2.17. The molecule has 1 aliphatic carbocycles. The van der Waals surface area contributed by atoms with Crippen LogP contribution in [0.4, 0.5) is 4.79 Å². The second-order valence-electron chi connectivity index (χ2n) is 4.90. The van der Waals surface area contributed by atoms with E-state index in [1.165, 1.54) is 0 Å². The summed E-state index contributed by atoms with van der Waals surface area (Å²) in [7, 11) is 0. The van der Waals surface area contributed by atoms with Crippen molar-refractivity contribution in [3.63, 3.8) is 0 Å². The first kappa shape index (κ1) is 15.9. The highest BCUT2D eigenvalue weighted by atomic mass is 35.5. The normalized spacial score (nSPS) is 19.9. The van der Waals surface area contributed by atoms with Crippen LogP contribution in [0.5, 0.6) is 0 Å². The lowest BCUT2D eigenvalue weighted by Gasteiger charge is -2.06. The molecule has 0 aromatic heterocycles. The Labute approximate surface area is 132 Å². The van der Waals surface area contributed by atoms with Crippen molar-refractivity contribution in [3.8, 4) is 0 Å². The van der Waals surface area contributed by atoms with Crippen LogP contribution in [-0.2, 0) is 9.53 Å². The highest BCUT2D eigenvalue weighted by molar-refractivity contribution is 6.42. The van der Waals surface area contributed by atoms with Crippen molar-refractivity contribution in [3.05, 3.63) is 33.8 Å². The zero-order chi connectivity index (χ0) is 15.4. The molecule has 1 fully saturated rings. The van der Waals surface area contributed by atoms with E-state index < -0.39 is 6.03 Å². The van der Waals surface area contributed by atoms with Crippen molar-refractivity contribution in [1.29, 1.82) is 0 Å². The van der Waals surface area contributed by atoms with Gasteiger partial charge in [0.2, 0.25) is 0 Å². The standard InChI is InChI=1S/C14H16Cl2N2O3/c15-11-4-1-3-8(12(11)16)9-7-10(9)13(19)21-6-2-5-18-14(17)20/h1,3-4,9-10H,2,5-7H2,(H3,17,18,20)/t9-,10-/m0/s1. The summed E-state index contributed by atoms with van der Waals surface area (Å²) in [5, 5.41) is 3.42. The Bertz CT molecular complexity index is 551. The predicted octanol–water partition coefficient (Wildman–Crippen LogP) is 2.70. The van der Waals surface area contributed by atoms with Crippen LogP contribution in [0.1, 0.15) is 24.3 Å². The molecule has 0 unspecified atom stereocenters. The molecular weight excluding hydrogens is 315 g/mol. The largest absolute Gasteiger partial charge is 0.465 e. The number of nitrogens with two attached hydrogens (primary N) is 1. The van der Waals surface area contributed by atoms with E-state index in [1.54, 1.807) is 6.07 Å². The maximum atomic E-state index is 11.9. The van der Waals surface area contributed by atoms with Gasteiger partial charge in [-0.15, -0.1) is 0 Å². The minimum atomic E-state index is -0.584. The highest BCUT2D eigenvalue weighted by Crippen LogP contribution is 2.51. The number of esters is 1. The fraction of sp³-hybridized carbons (Fsp3) is 0.429. The summed E-state index contributed by atoms with van der Waals surface area (Å²) >= 11 is 12.1. The van der Waals surface area contributed by atoms with E-state index in [9.17, 15) is 9.59 Å². The third kappa shape index (κ3) is 4.25. The molecule has 2 amide bonds. The minimum absolute atomic E-state index is 0.0763. The van der Waals surface area contributed by atoms with E-state index in [0.29, 0.717) is 23.0 Å². The monoisotopic (exact) mass is 330 g/mol. The lowest BCUT2D eigenvalue weighted by molar-refractivity contribution is -0.145. The van der Waals surface area contributed by atoms with Crippen LogP contribution in [0.2, 0.25) is 10.0 Å². The molecule has 0 aliphatic heterocycles. The molecule has 114 valence electrons. The van der Waals surface area contributed by atoms with Gasteiger partial charge in [0.05, 0.1) is 22.6 Å². The molecule has 0 heterocycles. The average molecular weight is 331 g/mol. The van der Waals surface area contributed by atoms with Crippen LogP contribution in [0.25, 0.3) is 0 Å². The lowest BCUT2D eigenvalue weighted by Crippen LogP contribution is -2.30. The number of rotatable bonds is 6. The Morgan fingerprint density at radius 1 is 1.38 bits per heavy atom. The van der Waals surface area contributed by atoms with Crippen LogP contribution < -0.4 is 11.1 Å². The van der Waals surface area contributed by atoms with Crippen LogP contribution in [0.15, 0.2) is 18.2 Å². The number of ether oxygens (including phenoxy) is 1. The second kappa shape index (κ2) is 7.00. The van der Waals surface area contributed by atoms with E-state index in [1.807, 2.05) is 12.1 Å². The Morgan fingerprint density at radius 3 is 2.86 bits per heavy atom. The van der Waals surface area contributed by atoms with E-state index in [0.717, 1.165) is 12.0 Å². The zero-order valence-corrected chi connectivity index (χ0v) is 12.8. The maximum Gasteiger partial charge on any atom is 0.312 e. The molecule has 1 aromatic carbocycles. The molecule has 7 heteroatoms. The van der Waals surface area contributed by atoms with Crippen molar-refractivity contribution >= 4 is 35.2 Å². The van der Waals surface area contributed by atoms with Gasteiger partial charge >= 0.3 is 12.0 Å². The molecular formula is C14H16Cl2N2O3.